The molecule has 3 unspecified atom stereocenters. The normalized spacial score (nSPS) is 20.5. The number of hydrogen-bond acceptors (Lipinski definition) is 5. The van der Waals surface area contributed by atoms with Crippen LogP contribution in [0, 0.1) is 33.6 Å². The van der Waals surface area contributed by atoms with E-state index in [2.05, 4.69) is 10.4 Å². The zero-order chi connectivity index (χ0) is 21.5. The minimum atomic E-state index is -0.988. The number of nitrogens with one attached hydrogen (secondary N) is 1. The van der Waals surface area contributed by atoms with Crippen LogP contribution in [0.4, 0.5) is 0 Å². The Kier molecular flexibility index (Phi) is 6.27. The summed E-state index contributed by atoms with van der Waals surface area (Å²) < 4.78 is 1.54. The van der Waals surface area contributed by atoms with E-state index in [1.165, 1.54) is 0 Å². The van der Waals surface area contributed by atoms with Gasteiger partial charge >= 0.3 is 0 Å². The van der Waals surface area contributed by atoms with Crippen molar-refractivity contribution in [3.05, 3.63) is 50.8 Å². The molecule has 1 aromatic heterocycles. The van der Waals surface area contributed by atoms with Crippen LogP contribution in [0.2, 0.25) is 5.02 Å². The molecule has 3 atom stereocenters. The van der Waals surface area contributed by atoms with Crippen molar-refractivity contribution in [3.8, 4) is 0 Å². The number of aryl methyl sites for hydroxylation is 5. The summed E-state index contributed by atoms with van der Waals surface area (Å²) in [6, 6.07) is 4.04. The smallest absolute Gasteiger partial charge is 0.151 e. The Hall–Kier alpha value is -2.02. The van der Waals surface area contributed by atoms with E-state index >= 15 is 0 Å². The molecule has 0 radical (unpaired) electrons. The highest BCUT2D eigenvalue weighted by Crippen LogP contribution is 2.37. The second-order valence-electron chi connectivity index (χ2n) is 8.07. The molecular weight excluding hydrogens is 390 g/mol. The van der Waals surface area contributed by atoms with E-state index in [0.29, 0.717) is 29.4 Å². The van der Waals surface area contributed by atoms with Crippen LogP contribution in [-0.2, 0) is 16.6 Å². The highest BCUT2D eigenvalue weighted by atomic mass is 35.5. The van der Waals surface area contributed by atoms with Gasteiger partial charge < -0.3 is 5.11 Å². The molecule has 2 aromatic rings. The Morgan fingerprint density at radius 2 is 1.86 bits per heavy atom. The van der Waals surface area contributed by atoms with Gasteiger partial charge in [-0.1, -0.05) is 29.3 Å². The van der Waals surface area contributed by atoms with Crippen LogP contribution >= 0.6 is 11.6 Å². The van der Waals surface area contributed by atoms with Gasteiger partial charge in [0, 0.05) is 19.4 Å². The van der Waals surface area contributed by atoms with Gasteiger partial charge in [-0.05, 0) is 57.4 Å². The number of ketones is 2. The Morgan fingerprint density at radius 1 is 1.24 bits per heavy atom. The SMILES string of the molecule is Cc1cc(C)c(C2C(=O)CC(CCNC(O)c3c(Cl)c(C)nn3C)C2=O)c(C)c1. The van der Waals surface area contributed by atoms with E-state index < -0.39 is 12.1 Å². The van der Waals surface area contributed by atoms with Crippen LogP contribution in [-0.4, -0.2) is 33.0 Å². The first kappa shape index (κ1) is 21.7. The number of nitrogens with zero attached hydrogens (tertiary/aromatic N) is 2. The summed E-state index contributed by atoms with van der Waals surface area (Å²) in [5, 5.41) is 18.0. The number of benzene rings is 1. The van der Waals surface area contributed by atoms with Gasteiger partial charge in [0.1, 0.15) is 23.6 Å². The predicted molar refractivity (Wildman–Crippen MR) is 112 cm³/mol. The zero-order valence-corrected chi connectivity index (χ0v) is 18.3. The summed E-state index contributed by atoms with van der Waals surface area (Å²) in [6.45, 7) is 8.10. The topological polar surface area (TPSA) is 84.2 Å². The lowest BCUT2D eigenvalue weighted by Gasteiger charge is -2.17. The first-order valence-corrected chi connectivity index (χ1v) is 10.2. The van der Waals surface area contributed by atoms with Crippen molar-refractivity contribution >= 4 is 23.2 Å². The Bertz CT molecular complexity index is 943. The molecule has 1 fully saturated rings. The molecule has 0 aliphatic heterocycles. The molecule has 0 amide bonds. The van der Waals surface area contributed by atoms with Crippen LogP contribution in [0.3, 0.4) is 0 Å². The first-order chi connectivity index (χ1) is 13.6. The molecule has 1 aliphatic rings. The monoisotopic (exact) mass is 417 g/mol. The molecule has 7 heteroatoms. The molecule has 1 aromatic carbocycles. The van der Waals surface area contributed by atoms with Crippen molar-refractivity contribution in [2.75, 3.05) is 6.54 Å². The number of aliphatic hydroxyl groups excluding tert-OH is 1. The van der Waals surface area contributed by atoms with E-state index in [1.807, 2.05) is 32.9 Å². The van der Waals surface area contributed by atoms with E-state index in [9.17, 15) is 14.7 Å². The minimum absolute atomic E-state index is 0.0131. The van der Waals surface area contributed by atoms with Gasteiger partial charge in [0.05, 0.1) is 10.7 Å². The molecule has 0 saturated heterocycles. The van der Waals surface area contributed by atoms with Crippen molar-refractivity contribution in [1.82, 2.24) is 15.1 Å². The third kappa shape index (κ3) is 4.15. The van der Waals surface area contributed by atoms with Gasteiger partial charge in [0.25, 0.3) is 0 Å². The molecule has 6 nitrogen and oxygen atoms in total. The van der Waals surface area contributed by atoms with E-state index in [1.54, 1.807) is 18.7 Å². The van der Waals surface area contributed by atoms with Crippen molar-refractivity contribution in [2.24, 2.45) is 13.0 Å². The molecule has 1 saturated carbocycles. The van der Waals surface area contributed by atoms with Crippen molar-refractivity contribution in [1.29, 1.82) is 0 Å². The highest BCUT2D eigenvalue weighted by molar-refractivity contribution is 6.31. The third-order valence-electron chi connectivity index (χ3n) is 5.76. The number of halogens is 1. The molecule has 156 valence electrons. The van der Waals surface area contributed by atoms with Gasteiger partial charge in [-0.3, -0.25) is 19.6 Å². The number of aliphatic hydroxyl groups is 1. The Balaban J connectivity index is 1.67. The second kappa shape index (κ2) is 8.38. The number of hydrogen-bond donors (Lipinski definition) is 2. The highest BCUT2D eigenvalue weighted by Gasteiger charge is 2.42. The average Bonchev–Trinajstić information content (AvgIpc) is 3.03. The molecule has 0 spiro atoms. The van der Waals surface area contributed by atoms with Gasteiger partial charge in [0.2, 0.25) is 0 Å². The molecule has 3 rings (SSSR count). The van der Waals surface area contributed by atoms with Gasteiger partial charge in [-0.25, -0.2) is 0 Å². The number of carbonyl (C=O) groups is 2. The second-order valence-corrected chi connectivity index (χ2v) is 8.45. The minimum Gasteiger partial charge on any atom is -0.373 e. The lowest BCUT2D eigenvalue weighted by atomic mass is 9.86. The van der Waals surface area contributed by atoms with Gasteiger partial charge in [-0.2, -0.15) is 5.10 Å². The van der Waals surface area contributed by atoms with E-state index in [0.717, 1.165) is 22.3 Å². The maximum absolute atomic E-state index is 13.0. The Labute approximate surface area is 176 Å². The summed E-state index contributed by atoms with van der Waals surface area (Å²) in [4.78, 5) is 25.7. The first-order valence-electron chi connectivity index (χ1n) is 9.86. The number of aromatic nitrogens is 2. The van der Waals surface area contributed by atoms with Crippen LogP contribution < -0.4 is 5.32 Å². The number of carbonyl (C=O) groups excluding carboxylic acids is 2. The lowest BCUT2D eigenvalue weighted by Crippen LogP contribution is -2.27. The standard InChI is InChI=1S/C22H28ClN3O3/c1-11-8-12(2)17(13(3)9-11)18-16(27)10-15(21(18)28)6-7-24-22(29)20-19(23)14(4)25-26(20)5/h8-9,15,18,22,24,29H,6-7,10H2,1-5H3. The van der Waals surface area contributed by atoms with Gasteiger partial charge in [0.15, 0.2) is 5.78 Å². The molecule has 2 N–H and O–H groups in total. The summed E-state index contributed by atoms with van der Waals surface area (Å²) in [6.07, 6.45) is -0.255. The largest absolute Gasteiger partial charge is 0.373 e. The van der Waals surface area contributed by atoms with Crippen molar-refractivity contribution in [3.63, 3.8) is 0 Å². The number of Topliss-reactive ketones (excluding diaryl/α,β-unsaturated/α-hetero) is 2. The molecule has 0 bridgehead atoms. The van der Waals surface area contributed by atoms with Crippen LogP contribution in [0.25, 0.3) is 0 Å². The van der Waals surface area contributed by atoms with Crippen molar-refractivity contribution < 1.29 is 14.7 Å². The summed E-state index contributed by atoms with van der Waals surface area (Å²) >= 11 is 6.20. The fraction of sp³-hybridized carbons (Fsp3) is 0.500. The van der Waals surface area contributed by atoms with Crippen LogP contribution in [0.1, 0.15) is 58.6 Å². The summed E-state index contributed by atoms with van der Waals surface area (Å²) in [5.74, 6) is -1.03. The van der Waals surface area contributed by atoms with Crippen molar-refractivity contribution in [2.45, 2.75) is 52.7 Å². The predicted octanol–water partition coefficient (Wildman–Crippen LogP) is 3.22. The fourth-order valence-corrected chi connectivity index (χ4v) is 4.75. The van der Waals surface area contributed by atoms with Gasteiger partial charge in [-0.15, -0.1) is 0 Å². The van der Waals surface area contributed by atoms with E-state index in [4.69, 9.17) is 11.6 Å². The number of rotatable bonds is 6. The maximum Gasteiger partial charge on any atom is 0.151 e. The van der Waals surface area contributed by atoms with E-state index in [-0.39, 0.29) is 23.9 Å². The van der Waals surface area contributed by atoms with Crippen LogP contribution in [0.15, 0.2) is 12.1 Å². The molecule has 1 aliphatic carbocycles. The maximum atomic E-state index is 13.0. The average molecular weight is 418 g/mol. The third-order valence-corrected chi connectivity index (χ3v) is 6.23. The Morgan fingerprint density at radius 3 is 2.41 bits per heavy atom. The summed E-state index contributed by atoms with van der Waals surface area (Å²) in [7, 11) is 1.72. The molecule has 29 heavy (non-hydrogen) atoms. The lowest BCUT2D eigenvalue weighted by molar-refractivity contribution is -0.124. The summed E-state index contributed by atoms with van der Waals surface area (Å²) in [5.41, 5.74) is 5.10. The van der Waals surface area contributed by atoms with Crippen LogP contribution in [0.5, 0.6) is 0 Å². The molecular formula is C22H28ClN3O3. The fourth-order valence-electron chi connectivity index (χ4n) is 4.49. The quantitative estimate of drug-likeness (QED) is 0.557. The molecule has 1 heterocycles. The zero-order valence-electron chi connectivity index (χ0n) is 17.5.